The van der Waals surface area contributed by atoms with Crippen LogP contribution in [0.3, 0.4) is 0 Å². The van der Waals surface area contributed by atoms with Crippen molar-refractivity contribution in [3.05, 3.63) is 0 Å². The van der Waals surface area contributed by atoms with Crippen molar-refractivity contribution in [3.63, 3.8) is 0 Å². The molecule has 0 bridgehead atoms. The Balaban J connectivity index is 2.19. The van der Waals surface area contributed by atoms with Gasteiger partial charge < -0.3 is 5.32 Å². The lowest BCUT2D eigenvalue weighted by atomic mass is 9.78. The summed E-state index contributed by atoms with van der Waals surface area (Å²) in [6, 6.07) is 1.46. The summed E-state index contributed by atoms with van der Waals surface area (Å²) in [5, 5.41) is 3.89. The molecule has 2 heteroatoms. The van der Waals surface area contributed by atoms with Crippen LogP contribution in [0.5, 0.6) is 0 Å². The fraction of sp³-hybridized carbons (Fsp3) is 1.00. The third-order valence-corrected chi connectivity index (χ3v) is 6.29. The summed E-state index contributed by atoms with van der Waals surface area (Å²) in [5.74, 6) is 0. The summed E-state index contributed by atoms with van der Waals surface area (Å²) in [6.07, 6.45) is 11.2. The van der Waals surface area contributed by atoms with E-state index in [1.54, 1.807) is 0 Å². The molecule has 0 aromatic carbocycles. The lowest BCUT2D eigenvalue weighted by Crippen LogP contribution is -2.68. The molecule has 2 nitrogen and oxygen atoms in total. The van der Waals surface area contributed by atoms with Gasteiger partial charge in [-0.3, -0.25) is 4.90 Å². The van der Waals surface area contributed by atoms with Crippen LogP contribution in [0.15, 0.2) is 0 Å². The smallest absolute Gasteiger partial charge is 0.0332 e. The third-order valence-electron chi connectivity index (χ3n) is 6.29. The van der Waals surface area contributed by atoms with Crippen molar-refractivity contribution >= 4 is 0 Å². The molecule has 0 amide bonds. The summed E-state index contributed by atoms with van der Waals surface area (Å²) in [5.41, 5.74) is 0.757. The Labute approximate surface area is 133 Å². The molecule has 0 radical (unpaired) electrons. The minimum Gasteiger partial charge on any atom is -0.310 e. The zero-order valence-electron chi connectivity index (χ0n) is 15.2. The molecule has 124 valence electrons. The quantitative estimate of drug-likeness (QED) is 0.766. The Kier molecular flexibility index (Phi) is 5.76. The predicted octanol–water partition coefficient (Wildman–Crippen LogP) is 4.59. The van der Waals surface area contributed by atoms with Crippen LogP contribution < -0.4 is 5.32 Å². The molecule has 21 heavy (non-hydrogen) atoms. The molecular weight excluding hydrogens is 256 g/mol. The first-order chi connectivity index (χ1) is 9.93. The molecule has 0 spiro atoms. The fourth-order valence-corrected chi connectivity index (χ4v) is 4.46. The van der Waals surface area contributed by atoms with Crippen LogP contribution in [0, 0.1) is 5.41 Å². The van der Waals surface area contributed by atoms with Crippen molar-refractivity contribution in [1.82, 2.24) is 10.2 Å². The Morgan fingerprint density at radius 2 is 1.57 bits per heavy atom. The molecule has 2 aliphatic rings. The number of hydrogen-bond donors (Lipinski definition) is 1. The molecule has 1 N–H and O–H groups in total. The zero-order valence-corrected chi connectivity index (χ0v) is 15.2. The lowest BCUT2D eigenvalue weighted by molar-refractivity contribution is -0.0279. The topological polar surface area (TPSA) is 15.3 Å². The van der Waals surface area contributed by atoms with E-state index in [2.05, 4.69) is 44.8 Å². The van der Waals surface area contributed by atoms with Crippen LogP contribution in [0.1, 0.15) is 86.0 Å². The number of nitrogens with one attached hydrogen (secondary N) is 1. The Hall–Kier alpha value is -0.0800. The Bertz CT molecular complexity index is 306. The SMILES string of the molecule is CCC1(CC)CNC(C(C)(C)C)CN1C1CCCCCC1. The predicted molar refractivity (Wildman–Crippen MR) is 92.8 cm³/mol. The summed E-state index contributed by atoms with van der Waals surface area (Å²) >= 11 is 0. The molecule has 1 unspecified atom stereocenters. The average Bonchev–Trinajstić information content (AvgIpc) is 2.74. The van der Waals surface area contributed by atoms with Gasteiger partial charge in [0, 0.05) is 30.7 Å². The van der Waals surface area contributed by atoms with Crippen LogP contribution in [-0.2, 0) is 0 Å². The largest absolute Gasteiger partial charge is 0.310 e. The summed E-state index contributed by atoms with van der Waals surface area (Å²) in [6.45, 7) is 14.4. The van der Waals surface area contributed by atoms with Crippen LogP contribution >= 0.6 is 0 Å². The van der Waals surface area contributed by atoms with Crippen molar-refractivity contribution in [1.29, 1.82) is 0 Å². The second-order valence-electron chi connectivity index (χ2n) is 8.53. The van der Waals surface area contributed by atoms with Gasteiger partial charge >= 0.3 is 0 Å². The van der Waals surface area contributed by atoms with Crippen molar-refractivity contribution in [2.24, 2.45) is 5.41 Å². The highest BCUT2D eigenvalue weighted by atomic mass is 15.3. The van der Waals surface area contributed by atoms with E-state index in [-0.39, 0.29) is 0 Å². The molecule has 0 aromatic rings. The van der Waals surface area contributed by atoms with Gasteiger partial charge in [0.15, 0.2) is 0 Å². The summed E-state index contributed by atoms with van der Waals surface area (Å²) in [7, 11) is 0. The first-order valence-electron chi connectivity index (χ1n) is 9.43. The van der Waals surface area contributed by atoms with Gasteiger partial charge in [-0.15, -0.1) is 0 Å². The van der Waals surface area contributed by atoms with Gasteiger partial charge in [-0.2, -0.15) is 0 Å². The second kappa shape index (κ2) is 7.00. The van der Waals surface area contributed by atoms with E-state index in [9.17, 15) is 0 Å². The normalized spacial score (nSPS) is 29.3. The fourth-order valence-electron chi connectivity index (χ4n) is 4.46. The molecule has 1 saturated carbocycles. The maximum absolute atomic E-state index is 3.89. The lowest BCUT2D eigenvalue weighted by Gasteiger charge is -2.55. The van der Waals surface area contributed by atoms with E-state index < -0.39 is 0 Å². The standard InChI is InChI=1S/C19H38N2/c1-6-19(7-2)15-20-17(18(3,4)5)14-21(19)16-12-10-8-9-11-13-16/h16-17,20H,6-15H2,1-5H3. The summed E-state index contributed by atoms with van der Waals surface area (Å²) < 4.78 is 0. The van der Waals surface area contributed by atoms with Gasteiger partial charge in [-0.05, 0) is 31.1 Å². The molecule has 1 atom stereocenters. The van der Waals surface area contributed by atoms with Crippen LogP contribution in [0.4, 0.5) is 0 Å². The molecule has 1 saturated heterocycles. The second-order valence-corrected chi connectivity index (χ2v) is 8.53. The van der Waals surface area contributed by atoms with E-state index in [1.165, 1.54) is 64.5 Å². The van der Waals surface area contributed by atoms with Crippen LogP contribution in [-0.4, -0.2) is 35.6 Å². The van der Waals surface area contributed by atoms with Crippen molar-refractivity contribution in [2.75, 3.05) is 13.1 Å². The van der Waals surface area contributed by atoms with Crippen molar-refractivity contribution in [3.8, 4) is 0 Å². The first-order valence-corrected chi connectivity index (χ1v) is 9.43. The highest BCUT2D eigenvalue weighted by molar-refractivity contribution is 5.02. The van der Waals surface area contributed by atoms with Crippen molar-refractivity contribution in [2.45, 2.75) is 104 Å². The minimum atomic E-state index is 0.358. The monoisotopic (exact) mass is 294 g/mol. The number of rotatable bonds is 3. The molecule has 1 aliphatic heterocycles. The molecule has 2 rings (SSSR count). The van der Waals surface area contributed by atoms with E-state index in [1.807, 2.05) is 0 Å². The number of hydrogen-bond acceptors (Lipinski definition) is 2. The van der Waals surface area contributed by atoms with Gasteiger partial charge in [-0.25, -0.2) is 0 Å². The van der Waals surface area contributed by atoms with Gasteiger partial charge in [0.05, 0.1) is 0 Å². The first kappa shape index (κ1) is 17.3. The third kappa shape index (κ3) is 3.82. The van der Waals surface area contributed by atoms with E-state index in [0.717, 1.165) is 6.04 Å². The Morgan fingerprint density at radius 3 is 2.05 bits per heavy atom. The molecule has 1 aliphatic carbocycles. The minimum absolute atomic E-state index is 0.358. The number of nitrogens with zero attached hydrogens (tertiary/aromatic N) is 1. The highest BCUT2D eigenvalue weighted by Gasteiger charge is 2.44. The zero-order chi connectivity index (χ0) is 15.5. The van der Waals surface area contributed by atoms with Crippen LogP contribution in [0.2, 0.25) is 0 Å². The molecule has 2 fully saturated rings. The molecule has 1 heterocycles. The summed E-state index contributed by atoms with van der Waals surface area (Å²) in [4.78, 5) is 2.95. The number of piperazine rings is 1. The van der Waals surface area contributed by atoms with Gasteiger partial charge in [0.25, 0.3) is 0 Å². The van der Waals surface area contributed by atoms with Crippen molar-refractivity contribution < 1.29 is 0 Å². The maximum Gasteiger partial charge on any atom is 0.0332 e. The van der Waals surface area contributed by atoms with Gasteiger partial charge in [-0.1, -0.05) is 60.3 Å². The van der Waals surface area contributed by atoms with Gasteiger partial charge in [0.2, 0.25) is 0 Å². The molecular formula is C19H38N2. The maximum atomic E-state index is 3.89. The highest BCUT2D eigenvalue weighted by Crippen LogP contribution is 2.36. The van der Waals surface area contributed by atoms with E-state index in [4.69, 9.17) is 0 Å². The van der Waals surface area contributed by atoms with E-state index >= 15 is 0 Å². The van der Waals surface area contributed by atoms with Gasteiger partial charge in [0.1, 0.15) is 0 Å². The Morgan fingerprint density at radius 1 is 1.00 bits per heavy atom. The molecule has 0 aromatic heterocycles. The average molecular weight is 295 g/mol. The van der Waals surface area contributed by atoms with Crippen LogP contribution in [0.25, 0.3) is 0 Å². The van der Waals surface area contributed by atoms with E-state index in [0.29, 0.717) is 17.0 Å².